The molecule has 0 aliphatic carbocycles. The maximum atomic E-state index is 12.4. The van der Waals surface area contributed by atoms with Crippen LogP contribution in [0.15, 0.2) is 30.5 Å². The first-order valence-electron chi connectivity index (χ1n) is 10.3. The number of aliphatic hydroxyl groups is 1. The van der Waals surface area contributed by atoms with Gasteiger partial charge in [-0.25, -0.2) is 9.97 Å². The molecule has 1 aliphatic rings. The predicted octanol–water partition coefficient (Wildman–Crippen LogP) is 3.14. The van der Waals surface area contributed by atoms with Gasteiger partial charge in [-0.2, -0.15) is 0 Å². The van der Waals surface area contributed by atoms with Crippen LogP contribution in [-0.4, -0.2) is 40.2 Å². The summed E-state index contributed by atoms with van der Waals surface area (Å²) in [6.45, 7) is 8.74. The van der Waals surface area contributed by atoms with Crippen LogP contribution in [0.3, 0.4) is 0 Å². The number of amides is 1. The monoisotopic (exact) mass is 397 g/mol. The van der Waals surface area contributed by atoms with Gasteiger partial charge in [0.15, 0.2) is 0 Å². The Kier molecular flexibility index (Phi) is 6.69. The molecule has 1 aliphatic heterocycles. The molecule has 0 radical (unpaired) electrons. The van der Waals surface area contributed by atoms with E-state index in [0.29, 0.717) is 23.3 Å². The molecule has 0 saturated heterocycles. The van der Waals surface area contributed by atoms with Gasteiger partial charge in [0.2, 0.25) is 0 Å². The van der Waals surface area contributed by atoms with E-state index in [1.807, 2.05) is 31.2 Å². The molecule has 1 unspecified atom stereocenters. The van der Waals surface area contributed by atoms with Crippen molar-refractivity contribution in [3.05, 3.63) is 47.4 Å². The topological polar surface area (TPSA) is 99.2 Å². The number of carbonyl (C=O) groups is 1. The fourth-order valence-corrected chi connectivity index (χ4v) is 3.99. The van der Waals surface area contributed by atoms with Gasteiger partial charge in [-0.3, -0.25) is 4.79 Å². The van der Waals surface area contributed by atoms with Crippen LogP contribution in [0.25, 0.3) is 0 Å². The first kappa shape index (κ1) is 21.0. The van der Waals surface area contributed by atoms with Gasteiger partial charge in [0, 0.05) is 36.0 Å². The zero-order valence-electron chi connectivity index (χ0n) is 17.6. The van der Waals surface area contributed by atoms with Crippen LogP contribution in [0.2, 0.25) is 0 Å². The minimum atomic E-state index is -0.185. The van der Waals surface area contributed by atoms with Gasteiger partial charge in [-0.05, 0) is 42.7 Å². The van der Waals surface area contributed by atoms with Gasteiger partial charge in [0.05, 0.1) is 12.6 Å². The van der Waals surface area contributed by atoms with E-state index in [0.717, 1.165) is 23.5 Å². The van der Waals surface area contributed by atoms with Crippen LogP contribution in [0.4, 0.5) is 11.5 Å². The number of rotatable bonds is 7. The standard InChI is InChI=1S/C22H31N5O2/c1-5-13(2)20-14(3)21(27-19-8-9-23-15(4)25-19)17-12-16(6-7-18(17)26-20)22(29)24-10-11-28/h6-9,12-14,20-21,26,28H,5,10-11H2,1-4H3,(H,24,29)(H,23,25,27)/t13?,14-,20-,21+/m0/s1. The Labute approximate surface area is 172 Å². The third-order valence-electron chi connectivity index (χ3n) is 5.80. The van der Waals surface area contributed by atoms with Gasteiger partial charge < -0.3 is 21.1 Å². The maximum absolute atomic E-state index is 12.4. The van der Waals surface area contributed by atoms with E-state index in [2.05, 4.69) is 46.7 Å². The lowest BCUT2D eigenvalue weighted by Gasteiger charge is -2.42. The summed E-state index contributed by atoms with van der Waals surface area (Å²) in [5, 5.41) is 19.0. The summed E-state index contributed by atoms with van der Waals surface area (Å²) in [5.41, 5.74) is 2.67. The van der Waals surface area contributed by atoms with Gasteiger partial charge in [0.25, 0.3) is 5.91 Å². The molecule has 0 fully saturated rings. The van der Waals surface area contributed by atoms with Crippen molar-refractivity contribution >= 4 is 17.4 Å². The molecular weight excluding hydrogens is 366 g/mol. The molecular formula is C22H31N5O2. The minimum absolute atomic E-state index is 0.00476. The number of aryl methyl sites for hydroxylation is 1. The van der Waals surface area contributed by atoms with E-state index >= 15 is 0 Å². The molecule has 29 heavy (non-hydrogen) atoms. The van der Waals surface area contributed by atoms with Gasteiger partial charge in [0.1, 0.15) is 11.6 Å². The fourth-order valence-electron chi connectivity index (χ4n) is 3.99. The predicted molar refractivity (Wildman–Crippen MR) is 115 cm³/mol. The van der Waals surface area contributed by atoms with Gasteiger partial charge in [-0.1, -0.05) is 27.2 Å². The summed E-state index contributed by atoms with van der Waals surface area (Å²) in [4.78, 5) is 21.1. The van der Waals surface area contributed by atoms with E-state index in [9.17, 15) is 4.79 Å². The zero-order chi connectivity index (χ0) is 21.0. The number of aliphatic hydroxyl groups excluding tert-OH is 1. The molecule has 2 aromatic rings. The van der Waals surface area contributed by atoms with Crippen LogP contribution < -0.4 is 16.0 Å². The number of nitrogens with one attached hydrogen (secondary N) is 3. The largest absolute Gasteiger partial charge is 0.395 e. The average molecular weight is 398 g/mol. The molecule has 156 valence electrons. The van der Waals surface area contributed by atoms with E-state index in [1.54, 1.807) is 6.20 Å². The number of benzene rings is 1. The summed E-state index contributed by atoms with van der Waals surface area (Å²) < 4.78 is 0. The molecule has 4 atom stereocenters. The lowest BCUT2D eigenvalue weighted by atomic mass is 9.77. The Balaban J connectivity index is 1.98. The Morgan fingerprint density at radius 1 is 1.34 bits per heavy atom. The zero-order valence-corrected chi connectivity index (χ0v) is 17.6. The number of carbonyl (C=O) groups excluding carboxylic acids is 1. The maximum Gasteiger partial charge on any atom is 0.251 e. The molecule has 4 N–H and O–H groups in total. The Morgan fingerprint density at radius 3 is 2.83 bits per heavy atom. The third kappa shape index (κ3) is 4.67. The minimum Gasteiger partial charge on any atom is -0.395 e. The summed E-state index contributed by atoms with van der Waals surface area (Å²) in [6, 6.07) is 7.92. The highest BCUT2D eigenvalue weighted by Crippen LogP contribution is 2.41. The summed E-state index contributed by atoms with van der Waals surface area (Å²) >= 11 is 0. The Bertz CT molecular complexity index is 857. The summed E-state index contributed by atoms with van der Waals surface area (Å²) in [6.07, 6.45) is 2.83. The first-order valence-corrected chi connectivity index (χ1v) is 10.3. The highest BCUT2D eigenvalue weighted by atomic mass is 16.3. The summed E-state index contributed by atoms with van der Waals surface area (Å²) in [7, 11) is 0. The van der Waals surface area contributed by atoms with E-state index in [-0.39, 0.29) is 31.0 Å². The van der Waals surface area contributed by atoms with Crippen LogP contribution >= 0.6 is 0 Å². The van der Waals surface area contributed by atoms with Crippen LogP contribution in [0.5, 0.6) is 0 Å². The van der Waals surface area contributed by atoms with Crippen LogP contribution in [-0.2, 0) is 0 Å². The molecule has 0 saturated carbocycles. The van der Waals surface area contributed by atoms with E-state index in [4.69, 9.17) is 5.11 Å². The number of fused-ring (bicyclic) bond motifs is 1. The third-order valence-corrected chi connectivity index (χ3v) is 5.80. The number of anilines is 2. The van der Waals surface area contributed by atoms with Crippen LogP contribution in [0.1, 0.15) is 55.0 Å². The molecule has 1 aromatic heterocycles. The molecule has 1 aromatic carbocycles. The first-order chi connectivity index (χ1) is 13.9. The summed E-state index contributed by atoms with van der Waals surface area (Å²) in [5.74, 6) is 2.09. The second-order valence-electron chi connectivity index (χ2n) is 7.81. The van der Waals surface area contributed by atoms with Crippen molar-refractivity contribution in [2.45, 2.75) is 46.2 Å². The van der Waals surface area contributed by atoms with Crippen LogP contribution in [0, 0.1) is 18.8 Å². The second-order valence-corrected chi connectivity index (χ2v) is 7.81. The van der Waals surface area contributed by atoms with Crippen molar-refractivity contribution in [2.24, 2.45) is 11.8 Å². The fraction of sp³-hybridized carbons (Fsp3) is 0.500. The number of nitrogens with zero attached hydrogens (tertiary/aromatic N) is 2. The molecule has 1 amide bonds. The SMILES string of the molecule is CCC(C)[C@@H]1Nc2ccc(C(=O)NCCO)cc2[C@H](Nc2ccnc(C)n2)[C@H]1C. The highest BCUT2D eigenvalue weighted by molar-refractivity contribution is 5.95. The molecule has 0 spiro atoms. The quantitative estimate of drug-likeness (QED) is 0.573. The van der Waals surface area contributed by atoms with Crippen molar-refractivity contribution < 1.29 is 9.90 Å². The molecule has 3 rings (SSSR count). The van der Waals surface area contributed by atoms with E-state index < -0.39 is 0 Å². The number of aromatic nitrogens is 2. The Morgan fingerprint density at radius 2 is 2.14 bits per heavy atom. The Hall–Kier alpha value is -2.67. The molecule has 2 heterocycles. The van der Waals surface area contributed by atoms with Crippen molar-refractivity contribution in [1.82, 2.24) is 15.3 Å². The van der Waals surface area contributed by atoms with Gasteiger partial charge >= 0.3 is 0 Å². The lowest BCUT2D eigenvalue weighted by molar-refractivity contribution is 0.0944. The molecule has 0 bridgehead atoms. The van der Waals surface area contributed by atoms with Crippen molar-refractivity contribution in [3.8, 4) is 0 Å². The van der Waals surface area contributed by atoms with Crippen molar-refractivity contribution in [3.63, 3.8) is 0 Å². The second kappa shape index (κ2) is 9.22. The van der Waals surface area contributed by atoms with Gasteiger partial charge in [-0.15, -0.1) is 0 Å². The van der Waals surface area contributed by atoms with Crippen molar-refractivity contribution in [1.29, 1.82) is 0 Å². The number of hydrogen-bond donors (Lipinski definition) is 4. The van der Waals surface area contributed by atoms with Crippen molar-refractivity contribution in [2.75, 3.05) is 23.8 Å². The molecule has 7 nitrogen and oxygen atoms in total. The lowest BCUT2D eigenvalue weighted by Crippen LogP contribution is -2.43. The average Bonchev–Trinajstić information content (AvgIpc) is 2.73. The normalized spacial score (nSPS) is 21.6. The smallest absolute Gasteiger partial charge is 0.251 e. The molecule has 7 heteroatoms. The number of hydrogen-bond acceptors (Lipinski definition) is 6. The highest BCUT2D eigenvalue weighted by Gasteiger charge is 2.36. The van der Waals surface area contributed by atoms with E-state index in [1.165, 1.54) is 0 Å².